The molecule has 0 aliphatic heterocycles. The van der Waals surface area contributed by atoms with Gasteiger partial charge in [0.15, 0.2) is 0 Å². The minimum absolute atomic E-state index is 0.00993. The van der Waals surface area contributed by atoms with Gasteiger partial charge in [-0.25, -0.2) is 0 Å². The van der Waals surface area contributed by atoms with Crippen LogP contribution in [-0.2, 0) is 0 Å². The second-order valence-corrected chi connectivity index (χ2v) is 6.96. The monoisotopic (exact) mass is 354 g/mol. The van der Waals surface area contributed by atoms with Crippen LogP contribution in [0.3, 0.4) is 0 Å². The number of aromatic amines is 2. The minimum atomic E-state index is 0.00993. The van der Waals surface area contributed by atoms with Crippen molar-refractivity contribution in [2.24, 2.45) is 0 Å². The zero-order valence-electron chi connectivity index (χ0n) is 15.5. The van der Waals surface area contributed by atoms with E-state index in [-0.39, 0.29) is 11.7 Å². The number of benzene rings is 2. The van der Waals surface area contributed by atoms with E-state index in [4.69, 9.17) is 0 Å². The molecule has 0 saturated heterocycles. The van der Waals surface area contributed by atoms with Gasteiger partial charge in [-0.2, -0.15) is 0 Å². The number of hydrogen-bond donors (Lipinski definition) is 2. The number of aromatic nitrogens is 2. The molecule has 0 amide bonds. The van der Waals surface area contributed by atoms with Gasteiger partial charge in [-0.3, -0.25) is 4.79 Å². The molecule has 0 aliphatic rings. The molecule has 1 unspecified atom stereocenters. The number of H-pyrrole nitrogens is 2. The molecule has 134 valence electrons. The zero-order chi connectivity index (χ0) is 18.8. The van der Waals surface area contributed by atoms with Crippen LogP contribution >= 0.6 is 0 Å². The quantitative estimate of drug-likeness (QED) is 0.465. The van der Waals surface area contributed by atoms with Crippen molar-refractivity contribution in [3.63, 3.8) is 0 Å². The van der Waals surface area contributed by atoms with Gasteiger partial charge in [0.25, 0.3) is 0 Å². The molecule has 2 aromatic carbocycles. The fraction of sp³-hybridized carbons (Fsp3) is 0.125. The van der Waals surface area contributed by atoms with Crippen molar-refractivity contribution < 1.29 is 4.79 Å². The van der Waals surface area contributed by atoms with Gasteiger partial charge in [0.05, 0.1) is 11.6 Å². The van der Waals surface area contributed by atoms with E-state index >= 15 is 0 Å². The molecule has 2 aromatic heterocycles. The van der Waals surface area contributed by atoms with Gasteiger partial charge in [0.2, 0.25) is 5.78 Å². The van der Waals surface area contributed by atoms with Crippen LogP contribution in [0.2, 0.25) is 0 Å². The summed E-state index contributed by atoms with van der Waals surface area (Å²) in [7, 11) is 0. The number of carbonyl (C=O) groups excluding carboxylic acids is 1. The largest absolute Gasteiger partial charge is 0.362 e. The van der Waals surface area contributed by atoms with E-state index in [0.29, 0.717) is 11.3 Å². The normalized spacial score (nSPS) is 12.1. The van der Waals surface area contributed by atoms with Crippen LogP contribution in [-0.4, -0.2) is 15.8 Å². The van der Waals surface area contributed by atoms with Gasteiger partial charge in [-0.1, -0.05) is 60.2 Å². The molecule has 3 nitrogen and oxygen atoms in total. The van der Waals surface area contributed by atoms with Crippen molar-refractivity contribution in [2.45, 2.75) is 19.8 Å². The summed E-state index contributed by atoms with van der Waals surface area (Å²) in [6, 6.07) is 26.1. The number of carbonyl (C=O) groups is 1. The molecule has 0 saturated carbocycles. The van der Waals surface area contributed by atoms with Crippen LogP contribution in [0.4, 0.5) is 0 Å². The van der Waals surface area contributed by atoms with Crippen molar-refractivity contribution in [1.29, 1.82) is 0 Å². The highest BCUT2D eigenvalue weighted by molar-refractivity contribution is 6.07. The third-order valence-electron chi connectivity index (χ3n) is 4.88. The molecule has 0 bridgehead atoms. The minimum Gasteiger partial charge on any atom is -0.362 e. The summed E-state index contributed by atoms with van der Waals surface area (Å²) in [5.41, 5.74) is 6.85. The zero-order valence-corrected chi connectivity index (χ0v) is 15.5. The lowest BCUT2D eigenvalue weighted by Crippen LogP contribution is -2.06. The Morgan fingerprint density at radius 1 is 0.741 bits per heavy atom. The molecule has 2 N–H and O–H groups in total. The molecule has 4 aromatic rings. The lowest BCUT2D eigenvalue weighted by Gasteiger charge is -2.15. The number of ketones is 1. The summed E-state index contributed by atoms with van der Waals surface area (Å²) < 4.78 is 0. The van der Waals surface area contributed by atoms with Gasteiger partial charge in [-0.05, 0) is 43.7 Å². The summed E-state index contributed by atoms with van der Waals surface area (Å²) in [5.74, 6) is 0.0372. The van der Waals surface area contributed by atoms with Gasteiger partial charge < -0.3 is 9.97 Å². The van der Waals surface area contributed by atoms with Crippen molar-refractivity contribution in [2.75, 3.05) is 0 Å². The van der Waals surface area contributed by atoms with E-state index in [1.54, 1.807) is 0 Å². The lowest BCUT2D eigenvalue weighted by atomic mass is 9.93. The third kappa shape index (κ3) is 3.49. The van der Waals surface area contributed by atoms with Gasteiger partial charge >= 0.3 is 0 Å². The van der Waals surface area contributed by atoms with Crippen molar-refractivity contribution >= 4 is 5.78 Å². The second-order valence-electron chi connectivity index (χ2n) is 6.96. The fourth-order valence-electron chi connectivity index (χ4n) is 3.44. The predicted molar refractivity (Wildman–Crippen MR) is 108 cm³/mol. The molecule has 1 atom stereocenters. The molecule has 0 spiro atoms. The van der Waals surface area contributed by atoms with Crippen molar-refractivity contribution in [3.8, 4) is 0 Å². The van der Waals surface area contributed by atoms with E-state index in [0.717, 1.165) is 22.6 Å². The molecule has 0 fully saturated rings. The Balaban J connectivity index is 1.72. The lowest BCUT2D eigenvalue weighted by molar-refractivity contribution is 0.103. The Morgan fingerprint density at radius 3 is 2.07 bits per heavy atom. The SMILES string of the molecule is Cc1ccc(C(=O)c2ccc(C(c3ccccc3)c3ccc(C)[nH]3)[nH]2)cc1. The summed E-state index contributed by atoms with van der Waals surface area (Å²) in [5, 5.41) is 0. The summed E-state index contributed by atoms with van der Waals surface area (Å²) in [6.45, 7) is 4.07. The van der Waals surface area contributed by atoms with Gasteiger partial charge in [0.1, 0.15) is 0 Å². The van der Waals surface area contributed by atoms with Crippen LogP contribution in [0, 0.1) is 13.8 Å². The Kier molecular flexibility index (Phi) is 4.51. The molecule has 2 heterocycles. The van der Waals surface area contributed by atoms with Crippen LogP contribution in [0.25, 0.3) is 0 Å². The molecule has 4 rings (SSSR count). The number of nitrogens with one attached hydrogen (secondary N) is 2. The Labute approximate surface area is 159 Å². The first-order valence-corrected chi connectivity index (χ1v) is 9.12. The van der Waals surface area contributed by atoms with E-state index in [9.17, 15) is 4.79 Å². The molecule has 27 heavy (non-hydrogen) atoms. The predicted octanol–water partition coefficient (Wildman–Crippen LogP) is 5.37. The highest BCUT2D eigenvalue weighted by Crippen LogP contribution is 2.31. The van der Waals surface area contributed by atoms with E-state index < -0.39 is 0 Å². The van der Waals surface area contributed by atoms with Crippen LogP contribution in [0.15, 0.2) is 78.9 Å². The molecular formula is C24H22N2O. The van der Waals surface area contributed by atoms with Crippen LogP contribution in [0.5, 0.6) is 0 Å². The molecule has 0 radical (unpaired) electrons. The maximum Gasteiger partial charge on any atom is 0.209 e. The Morgan fingerprint density at radius 2 is 1.41 bits per heavy atom. The first kappa shape index (κ1) is 17.1. The maximum absolute atomic E-state index is 12.8. The van der Waals surface area contributed by atoms with Crippen molar-refractivity contribution in [1.82, 2.24) is 9.97 Å². The maximum atomic E-state index is 12.8. The highest BCUT2D eigenvalue weighted by Gasteiger charge is 2.21. The topological polar surface area (TPSA) is 48.6 Å². The van der Waals surface area contributed by atoms with E-state index in [2.05, 4.69) is 34.2 Å². The van der Waals surface area contributed by atoms with E-state index in [1.165, 1.54) is 5.56 Å². The van der Waals surface area contributed by atoms with Gasteiger partial charge in [0, 0.05) is 22.6 Å². The molecule has 3 heteroatoms. The number of aryl methyl sites for hydroxylation is 2. The number of hydrogen-bond acceptors (Lipinski definition) is 1. The van der Waals surface area contributed by atoms with Crippen molar-refractivity contribution in [3.05, 3.63) is 118 Å². The first-order chi connectivity index (χ1) is 13.1. The number of rotatable bonds is 5. The average molecular weight is 354 g/mol. The third-order valence-corrected chi connectivity index (χ3v) is 4.88. The molecule has 0 aliphatic carbocycles. The molecular weight excluding hydrogens is 332 g/mol. The first-order valence-electron chi connectivity index (χ1n) is 9.12. The highest BCUT2D eigenvalue weighted by atomic mass is 16.1. The van der Waals surface area contributed by atoms with Crippen LogP contribution in [0.1, 0.15) is 50.2 Å². The van der Waals surface area contributed by atoms with Gasteiger partial charge in [-0.15, -0.1) is 0 Å². The Hall–Kier alpha value is -3.33. The Bertz CT molecular complexity index is 1060. The summed E-state index contributed by atoms with van der Waals surface area (Å²) in [6.07, 6.45) is 0. The average Bonchev–Trinajstić information content (AvgIpc) is 3.33. The second kappa shape index (κ2) is 7.12. The smallest absolute Gasteiger partial charge is 0.209 e. The fourth-order valence-corrected chi connectivity index (χ4v) is 3.44. The van der Waals surface area contributed by atoms with E-state index in [1.807, 2.05) is 68.4 Å². The standard InChI is InChI=1S/C24H22N2O/c1-16-8-11-19(12-9-16)24(27)22-15-14-21(26-22)23(18-6-4-3-5-7-18)20-13-10-17(2)25-20/h3-15,23,25-26H,1-2H3. The summed E-state index contributed by atoms with van der Waals surface area (Å²) in [4.78, 5) is 19.6. The van der Waals surface area contributed by atoms with Crippen LogP contribution < -0.4 is 0 Å². The summed E-state index contributed by atoms with van der Waals surface area (Å²) >= 11 is 0.